The lowest BCUT2D eigenvalue weighted by Crippen LogP contribution is -1.99. The summed E-state index contributed by atoms with van der Waals surface area (Å²) in [5.41, 5.74) is 2.39. The summed E-state index contributed by atoms with van der Waals surface area (Å²) >= 11 is 1.53. The highest BCUT2D eigenvalue weighted by Crippen LogP contribution is 2.18. The number of benzene rings is 2. The van der Waals surface area contributed by atoms with Crippen molar-refractivity contribution in [3.63, 3.8) is 0 Å². The molecule has 5 nitrogen and oxygen atoms in total. The number of methoxy groups -OCH3 is 1. The van der Waals surface area contributed by atoms with Gasteiger partial charge in [-0.05, 0) is 35.8 Å². The van der Waals surface area contributed by atoms with Gasteiger partial charge in [-0.3, -0.25) is 0 Å². The fourth-order valence-corrected chi connectivity index (χ4v) is 3.44. The summed E-state index contributed by atoms with van der Waals surface area (Å²) in [6, 6.07) is 18.3. The largest absolute Gasteiger partial charge is 0.497 e. The summed E-state index contributed by atoms with van der Waals surface area (Å²) in [5, 5.41) is 14.1. The molecule has 0 unspecified atom stereocenters. The summed E-state index contributed by atoms with van der Waals surface area (Å²) in [7, 11) is 1.67. The minimum Gasteiger partial charge on any atom is -0.497 e. The number of hydrogen-bond donors (Lipinski definition) is 0. The molecule has 0 radical (unpaired) electrons. The van der Waals surface area contributed by atoms with Crippen LogP contribution in [0.25, 0.3) is 17.1 Å². The standard InChI is InChI=1S/C20H18N4OS/c1-25-17-11-7-16(8-12-17)10-14-19-23-24-18(21-22-20(24)26-19)13-9-15-5-3-2-4-6-15/h2-8,10-12,14H,9,13H2,1H3. The minimum atomic E-state index is 0.816. The first-order valence-electron chi connectivity index (χ1n) is 8.39. The summed E-state index contributed by atoms with van der Waals surface area (Å²) in [6.07, 6.45) is 5.78. The number of ether oxygens (including phenoxy) is 1. The van der Waals surface area contributed by atoms with Gasteiger partial charge in [-0.15, -0.1) is 10.2 Å². The van der Waals surface area contributed by atoms with E-state index in [0.29, 0.717) is 0 Å². The molecule has 6 heteroatoms. The molecule has 0 fully saturated rings. The van der Waals surface area contributed by atoms with Crippen molar-refractivity contribution in [3.05, 3.63) is 76.6 Å². The molecule has 2 aromatic carbocycles. The average molecular weight is 362 g/mol. The lowest BCUT2D eigenvalue weighted by Gasteiger charge is -1.99. The van der Waals surface area contributed by atoms with E-state index in [4.69, 9.17) is 4.74 Å². The third-order valence-electron chi connectivity index (χ3n) is 4.09. The molecule has 0 saturated heterocycles. The molecule has 26 heavy (non-hydrogen) atoms. The number of aryl methyl sites for hydroxylation is 2. The normalized spacial score (nSPS) is 11.4. The smallest absolute Gasteiger partial charge is 0.234 e. The van der Waals surface area contributed by atoms with Crippen molar-refractivity contribution in [2.45, 2.75) is 12.8 Å². The number of fused-ring (bicyclic) bond motifs is 1. The Balaban J connectivity index is 1.49. The molecule has 0 saturated carbocycles. The fraction of sp³-hybridized carbons (Fsp3) is 0.150. The van der Waals surface area contributed by atoms with Crippen molar-refractivity contribution in [2.24, 2.45) is 0 Å². The first-order chi connectivity index (χ1) is 12.8. The number of nitrogens with zero attached hydrogens (tertiary/aromatic N) is 4. The Hall–Kier alpha value is -2.99. The van der Waals surface area contributed by atoms with E-state index in [-0.39, 0.29) is 0 Å². The molecule has 4 aromatic rings. The molecule has 130 valence electrons. The van der Waals surface area contributed by atoms with Crippen LogP contribution in [0.3, 0.4) is 0 Å². The zero-order valence-electron chi connectivity index (χ0n) is 14.4. The average Bonchev–Trinajstić information content (AvgIpc) is 3.26. The van der Waals surface area contributed by atoms with Crippen LogP contribution >= 0.6 is 11.3 Å². The van der Waals surface area contributed by atoms with Crippen LogP contribution in [0.5, 0.6) is 5.75 Å². The van der Waals surface area contributed by atoms with Crippen molar-refractivity contribution in [1.29, 1.82) is 0 Å². The molecule has 0 aliphatic heterocycles. The number of rotatable bonds is 6. The molecular formula is C20H18N4OS. The molecule has 0 N–H and O–H groups in total. The zero-order chi connectivity index (χ0) is 17.8. The number of hydrogen-bond acceptors (Lipinski definition) is 5. The molecule has 0 atom stereocenters. The minimum absolute atomic E-state index is 0.816. The molecule has 0 aliphatic carbocycles. The molecule has 0 bridgehead atoms. The van der Waals surface area contributed by atoms with Gasteiger partial charge in [0.15, 0.2) is 5.82 Å². The van der Waals surface area contributed by atoms with Gasteiger partial charge in [0, 0.05) is 6.42 Å². The molecule has 2 heterocycles. The van der Waals surface area contributed by atoms with E-state index in [1.54, 1.807) is 7.11 Å². The third kappa shape index (κ3) is 3.65. The Kier molecular flexibility index (Phi) is 4.75. The first kappa shape index (κ1) is 16.5. The summed E-state index contributed by atoms with van der Waals surface area (Å²) in [5.74, 6) is 1.74. The molecular weight excluding hydrogens is 344 g/mol. The maximum absolute atomic E-state index is 5.18. The molecule has 0 aliphatic rings. The van der Waals surface area contributed by atoms with Gasteiger partial charge in [-0.2, -0.15) is 9.61 Å². The second-order valence-corrected chi connectivity index (χ2v) is 6.83. The number of aromatic nitrogens is 4. The van der Waals surface area contributed by atoms with Crippen LogP contribution in [-0.2, 0) is 12.8 Å². The highest BCUT2D eigenvalue weighted by molar-refractivity contribution is 7.17. The van der Waals surface area contributed by atoms with Crippen LogP contribution < -0.4 is 4.74 Å². The van der Waals surface area contributed by atoms with E-state index in [0.717, 1.165) is 39.9 Å². The molecule has 4 rings (SSSR count). The van der Waals surface area contributed by atoms with Crippen LogP contribution in [0.2, 0.25) is 0 Å². The first-order valence-corrected chi connectivity index (χ1v) is 9.20. The van der Waals surface area contributed by atoms with E-state index >= 15 is 0 Å². The predicted molar refractivity (Wildman–Crippen MR) is 104 cm³/mol. The van der Waals surface area contributed by atoms with Gasteiger partial charge in [0.1, 0.15) is 10.8 Å². The quantitative estimate of drug-likeness (QED) is 0.517. The Morgan fingerprint density at radius 2 is 1.77 bits per heavy atom. The van der Waals surface area contributed by atoms with Crippen molar-refractivity contribution in [1.82, 2.24) is 19.8 Å². The van der Waals surface area contributed by atoms with Crippen molar-refractivity contribution in [2.75, 3.05) is 7.11 Å². The topological polar surface area (TPSA) is 52.3 Å². The van der Waals surface area contributed by atoms with E-state index in [9.17, 15) is 0 Å². The van der Waals surface area contributed by atoms with Crippen molar-refractivity contribution >= 4 is 28.4 Å². The van der Waals surface area contributed by atoms with Crippen LogP contribution in [0.15, 0.2) is 54.6 Å². The molecule has 0 amide bonds. The van der Waals surface area contributed by atoms with Gasteiger partial charge >= 0.3 is 0 Å². The van der Waals surface area contributed by atoms with Crippen LogP contribution in [0.4, 0.5) is 0 Å². The van der Waals surface area contributed by atoms with Crippen LogP contribution in [0, 0.1) is 0 Å². The summed E-state index contributed by atoms with van der Waals surface area (Å²) in [6.45, 7) is 0. The fourth-order valence-electron chi connectivity index (χ4n) is 2.68. The van der Waals surface area contributed by atoms with Gasteiger partial charge in [-0.25, -0.2) is 0 Å². The summed E-state index contributed by atoms with van der Waals surface area (Å²) < 4.78 is 7.03. The summed E-state index contributed by atoms with van der Waals surface area (Å²) in [4.78, 5) is 0.822. The van der Waals surface area contributed by atoms with Gasteiger partial charge in [0.2, 0.25) is 4.96 Å². The lowest BCUT2D eigenvalue weighted by atomic mass is 10.1. The second kappa shape index (κ2) is 7.49. The Labute approximate surface area is 155 Å². The Bertz CT molecular complexity index is 1020. The van der Waals surface area contributed by atoms with Crippen molar-refractivity contribution < 1.29 is 4.74 Å². The van der Waals surface area contributed by atoms with E-state index in [1.165, 1.54) is 16.9 Å². The molecule has 0 spiro atoms. The van der Waals surface area contributed by atoms with Gasteiger partial charge in [-0.1, -0.05) is 59.9 Å². The monoisotopic (exact) mass is 362 g/mol. The third-order valence-corrected chi connectivity index (χ3v) is 4.95. The highest BCUT2D eigenvalue weighted by atomic mass is 32.1. The maximum Gasteiger partial charge on any atom is 0.234 e. The van der Waals surface area contributed by atoms with Gasteiger partial charge < -0.3 is 4.74 Å². The van der Waals surface area contributed by atoms with Crippen LogP contribution in [-0.4, -0.2) is 26.9 Å². The Morgan fingerprint density at radius 3 is 2.54 bits per heavy atom. The van der Waals surface area contributed by atoms with Crippen LogP contribution in [0.1, 0.15) is 22.0 Å². The van der Waals surface area contributed by atoms with Crippen molar-refractivity contribution in [3.8, 4) is 5.75 Å². The predicted octanol–water partition coefficient (Wildman–Crippen LogP) is 4.15. The zero-order valence-corrected chi connectivity index (χ0v) is 15.2. The Morgan fingerprint density at radius 1 is 0.962 bits per heavy atom. The SMILES string of the molecule is COc1ccc(C=Cc2nn3c(CCc4ccccc4)nnc3s2)cc1. The van der Waals surface area contributed by atoms with Gasteiger partial charge in [0.25, 0.3) is 0 Å². The van der Waals surface area contributed by atoms with E-state index < -0.39 is 0 Å². The van der Waals surface area contributed by atoms with E-state index in [1.807, 2.05) is 47.0 Å². The maximum atomic E-state index is 5.18. The van der Waals surface area contributed by atoms with Gasteiger partial charge in [0.05, 0.1) is 7.11 Å². The highest BCUT2D eigenvalue weighted by Gasteiger charge is 2.10. The molecule has 2 aromatic heterocycles. The lowest BCUT2D eigenvalue weighted by molar-refractivity contribution is 0.415. The van der Waals surface area contributed by atoms with E-state index in [2.05, 4.69) is 39.6 Å². The second-order valence-electron chi connectivity index (χ2n) is 5.84.